The van der Waals surface area contributed by atoms with E-state index in [4.69, 9.17) is 0 Å². The highest BCUT2D eigenvalue weighted by Gasteiger charge is 2.15. The third kappa shape index (κ3) is 5.26. The molecule has 1 nitrogen and oxygen atoms in total. The van der Waals surface area contributed by atoms with E-state index >= 15 is 0 Å². The van der Waals surface area contributed by atoms with Crippen LogP contribution in [0.5, 0.6) is 0 Å². The molecule has 0 aromatic carbocycles. The van der Waals surface area contributed by atoms with Crippen molar-refractivity contribution in [3.05, 3.63) is 0 Å². The molecule has 1 aliphatic carbocycles. The van der Waals surface area contributed by atoms with Gasteiger partial charge in [-0.1, -0.05) is 39.0 Å². The molecule has 1 saturated carbocycles. The minimum atomic E-state index is -0.0538. The molecule has 0 bridgehead atoms. The smallest absolute Gasteiger partial charge is 0.0630 e. The summed E-state index contributed by atoms with van der Waals surface area (Å²) in [6.07, 6.45) is 10.3. The number of unbranched alkanes of at least 4 members (excludes halogenated alkanes) is 1. The lowest BCUT2D eigenvalue weighted by Crippen LogP contribution is -2.15. The van der Waals surface area contributed by atoms with Gasteiger partial charge in [-0.3, -0.25) is 0 Å². The number of hydrogen-bond acceptors (Lipinski definition) is 2. The van der Waals surface area contributed by atoms with Crippen LogP contribution in [0.25, 0.3) is 0 Å². The molecule has 1 rings (SSSR count). The van der Waals surface area contributed by atoms with Crippen molar-refractivity contribution in [2.75, 3.05) is 5.75 Å². The molecule has 1 unspecified atom stereocenters. The van der Waals surface area contributed by atoms with Crippen LogP contribution in [-0.4, -0.2) is 22.2 Å². The Hall–Kier alpha value is 0.310. The lowest BCUT2D eigenvalue weighted by Gasteiger charge is -2.22. The van der Waals surface area contributed by atoms with Gasteiger partial charge in [0, 0.05) is 11.0 Å². The van der Waals surface area contributed by atoms with Gasteiger partial charge in [-0.2, -0.15) is 11.8 Å². The molecule has 0 saturated heterocycles. The molecule has 1 fully saturated rings. The maximum absolute atomic E-state index is 9.69. The monoisotopic (exact) mass is 216 g/mol. The Labute approximate surface area is 92.7 Å². The third-order valence-corrected chi connectivity index (χ3v) is 4.49. The van der Waals surface area contributed by atoms with Crippen LogP contribution in [0.15, 0.2) is 0 Å². The fraction of sp³-hybridized carbons (Fsp3) is 1.00. The Bertz CT molecular complexity index is 132. The van der Waals surface area contributed by atoms with E-state index in [1.807, 2.05) is 11.8 Å². The fourth-order valence-electron chi connectivity index (χ4n) is 2.00. The van der Waals surface area contributed by atoms with Crippen LogP contribution >= 0.6 is 11.8 Å². The van der Waals surface area contributed by atoms with Gasteiger partial charge >= 0.3 is 0 Å². The number of aliphatic hydroxyl groups is 1. The summed E-state index contributed by atoms with van der Waals surface area (Å²) in [6, 6.07) is 0. The average Bonchev–Trinajstić information content (AvgIpc) is 2.25. The van der Waals surface area contributed by atoms with E-state index in [9.17, 15) is 5.11 Å². The summed E-state index contributed by atoms with van der Waals surface area (Å²) in [7, 11) is 0. The van der Waals surface area contributed by atoms with Gasteiger partial charge in [0.2, 0.25) is 0 Å². The van der Waals surface area contributed by atoms with Gasteiger partial charge in [0.05, 0.1) is 6.10 Å². The van der Waals surface area contributed by atoms with Gasteiger partial charge in [0.15, 0.2) is 0 Å². The Kier molecular flexibility index (Phi) is 6.70. The van der Waals surface area contributed by atoms with Gasteiger partial charge in [0.25, 0.3) is 0 Å². The minimum absolute atomic E-state index is 0.0538. The molecule has 14 heavy (non-hydrogen) atoms. The van der Waals surface area contributed by atoms with Gasteiger partial charge in [0.1, 0.15) is 0 Å². The van der Waals surface area contributed by atoms with Crippen LogP contribution in [0.4, 0.5) is 0 Å². The zero-order valence-corrected chi connectivity index (χ0v) is 10.2. The van der Waals surface area contributed by atoms with E-state index in [0.717, 1.165) is 17.4 Å². The van der Waals surface area contributed by atoms with Crippen molar-refractivity contribution in [2.45, 2.75) is 69.6 Å². The molecule has 0 amide bonds. The first-order valence-electron chi connectivity index (χ1n) is 6.12. The Balaban J connectivity index is 2.00. The van der Waals surface area contributed by atoms with Gasteiger partial charge < -0.3 is 5.11 Å². The van der Waals surface area contributed by atoms with Crippen LogP contribution < -0.4 is 0 Å². The van der Waals surface area contributed by atoms with Crippen molar-refractivity contribution in [1.29, 1.82) is 0 Å². The normalized spacial score (nSPS) is 21.0. The van der Waals surface area contributed by atoms with E-state index in [-0.39, 0.29) is 6.10 Å². The van der Waals surface area contributed by atoms with Crippen molar-refractivity contribution >= 4 is 11.8 Å². The highest BCUT2D eigenvalue weighted by molar-refractivity contribution is 7.99. The molecule has 0 spiro atoms. The lowest BCUT2D eigenvalue weighted by atomic mass is 10.0. The van der Waals surface area contributed by atoms with E-state index in [2.05, 4.69) is 6.92 Å². The first-order valence-corrected chi connectivity index (χ1v) is 7.17. The van der Waals surface area contributed by atoms with Crippen molar-refractivity contribution < 1.29 is 5.11 Å². The maximum atomic E-state index is 9.69. The second-order valence-corrected chi connectivity index (χ2v) is 5.72. The molecule has 0 aromatic heterocycles. The van der Waals surface area contributed by atoms with Crippen LogP contribution in [0.1, 0.15) is 58.3 Å². The fourth-order valence-corrected chi connectivity index (χ4v) is 3.33. The summed E-state index contributed by atoms with van der Waals surface area (Å²) in [5.74, 6) is 0.963. The molecular formula is C12H24OS. The standard InChI is InChI=1S/C12H24OS/c1-2-3-7-11(13)10-14-12-8-5-4-6-9-12/h11-13H,2-10H2,1H3. The van der Waals surface area contributed by atoms with Crippen LogP contribution in [0.2, 0.25) is 0 Å². The summed E-state index contributed by atoms with van der Waals surface area (Å²) in [4.78, 5) is 0. The summed E-state index contributed by atoms with van der Waals surface area (Å²) >= 11 is 2.01. The van der Waals surface area contributed by atoms with Crippen LogP contribution in [-0.2, 0) is 0 Å². The molecule has 0 radical (unpaired) electrons. The van der Waals surface area contributed by atoms with Crippen molar-refractivity contribution in [2.24, 2.45) is 0 Å². The Morgan fingerprint density at radius 2 is 2.00 bits per heavy atom. The second-order valence-electron chi connectivity index (χ2n) is 4.39. The van der Waals surface area contributed by atoms with Crippen molar-refractivity contribution in [3.63, 3.8) is 0 Å². The highest BCUT2D eigenvalue weighted by Crippen LogP contribution is 2.28. The summed E-state index contributed by atoms with van der Waals surface area (Å²) in [6.45, 7) is 2.18. The van der Waals surface area contributed by atoms with Crippen LogP contribution in [0, 0.1) is 0 Å². The second kappa shape index (κ2) is 7.58. The van der Waals surface area contributed by atoms with Crippen LogP contribution in [0.3, 0.4) is 0 Å². The van der Waals surface area contributed by atoms with E-state index in [1.165, 1.54) is 44.9 Å². The number of hydrogen-bond donors (Lipinski definition) is 1. The molecule has 2 heteroatoms. The summed E-state index contributed by atoms with van der Waals surface area (Å²) in [5, 5.41) is 10.5. The Morgan fingerprint density at radius 1 is 1.29 bits per heavy atom. The molecule has 84 valence electrons. The maximum Gasteiger partial charge on any atom is 0.0630 e. The largest absolute Gasteiger partial charge is 0.392 e. The Morgan fingerprint density at radius 3 is 2.64 bits per heavy atom. The van der Waals surface area contributed by atoms with Gasteiger partial charge in [-0.25, -0.2) is 0 Å². The average molecular weight is 216 g/mol. The first kappa shape index (κ1) is 12.4. The summed E-state index contributed by atoms with van der Waals surface area (Å²) in [5.41, 5.74) is 0. The van der Waals surface area contributed by atoms with E-state index in [1.54, 1.807) is 0 Å². The predicted octanol–water partition coefficient (Wildman–Crippen LogP) is 3.60. The molecule has 0 aliphatic heterocycles. The molecule has 1 aliphatic rings. The molecule has 1 atom stereocenters. The molecule has 0 heterocycles. The molecular weight excluding hydrogens is 192 g/mol. The SMILES string of the molecule is CCCCC(O)CSC1CCCCC1. The third-order valence-electron chi connectivity index (χ3n) is 2.97. The number of aliphatic hydroxyl groups excluding tert-OH is 1. The predicted molar refractivity (Wildman–Crippen MR) is 64.9 cm³/mol. The number of thioether (sulfide) groups is 1. The summed E-state index contributed by atoms with van der Waals surface area (Å²) < 4.78 is 0. The molecule has 1 N–H and O–H groups in total. The topological polar surface area (TPSA) is 20.2 Å². The minimum Gasteiger partial charge on any atom is -0.392 e. The van der Waals surface area contributed by atoms with Crippen molar-refractivity contribution in [1.82, 2.24) is 0 Å². The zero-order chi connectivity index (χ0) is 10.2. The van der Waals surface area contributed by atoms with E-state index < -0.39 is 0 Å². The highest BCUT2D eigenvalue weighted by atomic mass is 32.2. The van der Waals surface area contributed by atoms with E-state index in [0.29, 0.717) is 0 Å². The first-order chi connectivity index (χ1) is 6.83. The van der Waals surface area contributed by atoms with Gasteiger partial charge in [-0.15, -0.1) is 0 Å². The zero-order valence-electron chi connectivity index (χ0n) is 9.37. The van der Waals surface area contributed by atoms with Gasteiger partial charge in [-0.05, 0) is 19.3 Å². The quantitative estimate of drug-likeness (QED) is 0.732. The lowest BCUT2D eigenvalue weighted by molar-refractivity contribution is 0.185. The molecule has 0 aromatic rings. The number of rotatable bonds is 6. The van der Waals surface area contributed by atoms with Crippen molar-refractivity contribution in [3.8, 4) is 0 Å².